The van der Waals surface area contributed by atoms with Gasteiger partial charge in [-0.15, -0.1) is 0 Å². The maximum absolute atomic E-state index is 12.8. The molecular formula is C15H25N5O2S. The van der Waals surface area contributed by atoms with Gasteiger partial charge in [0.2, 0.25) is 5.95 Å². The molecule has 0 bridgehead atoms. The van der Waals surface area contributed by atoms with E-state index in [2.05, 4.69) is 9.97 Å². The minimum absolute atomic E-state index is 0.157. The van der Waals surface area contributed by atoms with Gasteiger partial charge in [0.15, 0.2) is 0 Å². The topological polar surface area (TPSA) is 69.6 Å². The molecule has 128 valence electrons. The van der Waals surface area contributed by atoms with Crippen molar-refractivity contribution in [1.82, 2.24) is 18.6 Å². The standard InChI is InChI=1S/C15H25N5O2S/c1-18(14-6-3-2-4-7-14)23(21,22)20-12-10-19(11-13-20)15-16-8-5-9-17-15/h5,8-9,14H,2-4,6-7,10-13H2,1H3. The second-order valence-electron chi connectivity index (χ2n) is 6.25. The Labute approximate surface area is 138 Å². The van der Waals surface area contributed by atoms with Crippen LogP contribution in [-0.4, -0.2) is 66.3 Å². The van der Waals surface area contributed by atoms with Gasteiger partial charge in [-0.25, -0.2) is 9.97 Å². The third-order valence-corrected chi connectivity index (χ3v) is 6.90. The summed E-state index contributed by atoms with van der Waals surface area (Å²) in [4.78, 5) is 10.5. The predicted octanol–water partition coefficient (Wildman–Crippen LogP) is 1.11. The molecule has 0 atom stereocenters. The largest absolute Gasteiger partial charge is 0.338 e. The summed E-state index contributed by atoms with van der Waals surface area (Å²) < 4.78 is 28.9. The van der Waals surface area contributed by atoms with E-state index in [1.165, 1.54) is 6.42 Å². The number of nitrogens with zero attached hydrogens (tertiary/aromatic N) is 5. The highest BCUT2D eigenvalue weighted by Gasteiger charge is 2.34. The summed E-state index contributed by atoms with van der Waals surface area (Å²) in [5.74, 6) is 0.671. The van der Waals surface area contributed by atoms with Crippen LogP contribution >= 0.6 is 0 Å². The predicted molar refractivity (Wildman–Crippen MR) is 89.4 cm³/mol. The van der Waals surface area contributed by atoms with Crippen molar-refractivity contribution in [3.63, 3.8) is 0 Å². The molecule has 0 radical (unpaired) electrons. The lowest BCUT2D eigenvalue weighted by Crippen LogP contribution is -2.54. The minimum Gasteiger partial charge on any atom is -0.338 e. The Kier molecular flexibility index (Phi) is 5.13. The number of piperazine rings is 1. The Morgan fingerprint density at radius 3 is 2.26 bits per heavy atom. The van der Waals surface area contributed by atoms with Crippen LogP contribution in [0.1, 0.15) is 32.1 Å². The lowest BCUT2D eigenvalue weighted by molar-refractivity contribution is 0.259. The average molecular weight is 339 g/mol. The van der Waals surface area contributed by atoms with Crippen molar-refractivity contribution in [2.45, 2.75) is 38.1 Å². The summed E-state index contributed by atoms with van der Waals surface area (Å²) >= 11 is 0. The van der Waals surface area contributed by atoms with Crippen molar-refractivity contribution >= 4 is 16.2 Å². The first-order chi connectivity index (χ1) is 11.1. The molecule has 1 aromatic rings. The van der Waals surface area contributed by atoms with Gasteiger partial charge in [0, 0.05) is 51.7 Å². The van der Waals surface area contributed by atoms with E-state index < -0.39 is 10.2 Å². The van der Waals surface area contributed by atoms with Crippen molar-refractivity contribution in [3.8, 4) is 0 Å². The molecule has 1 aliphatic carbocycles. The van der Waals surface area contributed by atoms with Gasteiger partial charge in [-0.05, 0) is 18.9 Å². The van der Waals surface area contributed by atoms with E-state index in [1.807, 2.05) is 4.90 Å². The summed E-state index contributed by atoms with van der Waals surface area (Å²) in [6.07, 6.45) is 8.86. The molecule has 1 saturated heterocycles. The highest BCUT2D eigenvalue weighted by atomic mass is 32.2. The van der Waals surface area contributed by atoms with E-state index in [-0.39, 0.29) is 6.04 Å². The van der Waals surface area contributed by atoms with E-state index in [4.69, 9.17) is 0 Å². The summed E-state index contributed by atoms with van der Waals surface area (Å²) in [6, 6.07) is 1.94. The molecule has 2 aliphatic rings. The van der Waals surface area contributed by atoms with Gasteiger partial charge < -0.3 is 4.90 Å². The molecule has 2 fully saturated rings. The molecule has 2 heterocycles. The van der Waals surface area contributed by atoms with Crippen molar-refractivity contribution in [2.75, 3.05) is 38.1 Å². The van der Waals surface area contributed by atoms with Crippen LogP contribution in [0.2, 0.25) is 0 Å². The Balaban J connectivity index is 1.61. The number of anilines is 1. The molecule has 0 unspecified atom stereocenters. The normalized spacial score (nSPS) is 21.7. The van der Waals surface area contributed by atoms with E-state index in [1.54, 1.807) is 34.1 Å². The maximum Gasteiger partial charge on any atom is 0.282 e. The Morgan fingerprint density at radius 2 is 1.65 bits per heavy atom. The Morgan fingerprint density at radius 1 is 1.04 bits per heavy atom. The SMILES string of the molecule is CN(C1CCCCC1)S(=O)(=O)N1CCN(c2ncccn2)CC1. The first kappa shape index (κ1) is 16.6. The third-order valence-electron chi connectivity index (χ3n) is 4.85. The van der Waals surface area contributed by atoms with Crippen LogP contribution in [0.15, 0.2) is 18.5 Å². The summed E-state index contributed by atoms with van der Waals surface area (Å²) in [5.41, 5.74) is 0. The summed E-state index contributed by atoms with van der Waals surface area (Å²) in [7, 11) is -1.63. The molecule has 0 spiro atoms. The maximum atomic E-state index is 12.8. The minimum atomic E-state index is -3.37. The Hall–Kier alpha value is -1.25. The zero-order valence-corrected chi connectivity index (χ0v) is 14.5. The number of aromatic nitrogens is 2. The summed E-state index contributed by atoms with van der Waals surface area (Å²) in [6.45, 7) is 2.22. The zero-order valence-electron chi connectivity index (χ0n) is 13.6. The molecule has 1 saturated carbocycles. The average Bonchev–Trinajstić information content (AvgIpc) is 2.62. The van der Waals surface area contributed by atoms with Crippen molar-refractivity contribution in [1.29, 1.82) is 0 Å². The van der Waals surface area contributed by atoms with Crippen LogP contribution in [0.3, 0.4) is 0 Å². The molecule has 1 aliphatic heterocycles. The highest BCUT2D eigenvalue weighted by molar-refractivity contribution is 7.86. The second-order valence-corrected chi connectivity index (χ2v) is 8.24. The summed E-state index contributed by atoms with van der Waals surface area (Å²) in [5, 5.41) is 0. The van der Waals surface area contributed by atoms with Gasteiger partial charge in [0.1, 0.15) is 0 Å². The number of rotatable bonds is 4. The van der Waals surface area contributed by atoms with E-state index >= 15 is 0 Å². The van der Waals surface area contributed by atoms with Gasteiger partial charge in [-0.3, -0.25) is 0 Å². The molecule has 0 aromatic carbocycles. The lowest BCUT2D eigenvalue weighted by atomic mass is 9.96. The first-order valence-corrected chi connectivity index (χ1v) is 9.74. The van der Waals surface area contributed by atoms with Gasteiger partial charge in [0.05, 0.1) is 0 Å². The third kappa shape index (κ3) is 3.64. The molecule has 7 nitrogen and oxygen atoms in total. The van der Waals surface area contributed by atoms with Gasteiger partial charge >= 0.3 is 0 Å². The van der Waals surface area contributed by atoms with E-state index in [9.17, 15) is 8.42 Å². The lowest BCUT2D eigenvalue weighted by Gasteiger charge is -2.38. The molecule has 0 N–H and O–H groups in total. The monoisotopic (exact) mass is 339 g/mol. The van der Waals surface area contributed by atoms with Crippen LogP contribution in [0.4, 0.5) is 5.95 Å². The Bertz CT molecular complexity index is 596. The van der Waals surface area contributed by atoms with Crippen molar-refractivity contribution < 1.29 is 8.42 Å². The molecule has 3 rings (SSSR count). The van der Waals surface area contributed by atoms with Crippen LogP contribution in [0, 0.1) is 0 Å². The first-order valence-electron chi connectivity index (χ1n) is 8.34. The smallest absolute Gasteiger partial charge is 0.282 e. The molecule has 8 heteroatoms. The van der Waals surface area contributed by atoms with Crippen molar-refractivity contribution in [2.24, 2.45) is 0 Å². The van der Waals surface area contributed by atoms with Crippen LogP contribution in [0.5, 0.6) is 0 Å². The van der Waals surface area contributed by atoms with E-state index in [0.29, 0.717) is 32.1 Å². The fourth-order valence-electron chi connectivity index (χ4n) is 3.39. The number of hydrogen-bond donors (Lipinski definition) is 0. The quantitative estimate of drug-likeness (QED) is 0.822. The fraction of sp³-hybridized carbons (Fsp3) is 0.733. The highest BCUT2D eigenvalue weighted by Crippen LogP contribution is 2.25. The van der Waals surface area contributed by atoms with Gasteiger partial charge in [0.25, 0.3) is 10.2 Å². The van der Waals surface area contributed by atoms with Crippen LogP contribution in [-0.2, 0) is 10.2 Å². The zero-order chi connectivity index (χ0) is 16.3. The molecular weight excluding hydrogens is 314 g/mol. The van der Waals surface area contributed by atoms with E-state index in [0.717, 1.165) is 25.7 Å². The molecule has 0 amide bonds. The number of hydrogen-bond acceptors (Lipinski definition) is 5. The molecule has 23 heavy (non-hydrogen) atoms. The second kappa shape index (κ2) is 7.11. The van der Waals surface area contributed by atoms with Crippen LogP contribution < -0.4 is 4.90 Å². The molecule has 1 aromatic heterocycles. The van der Waals surface area contributed by atoms with Gasteiger partial charge in [-0.1, -0.05) is 19.3 Å². The van der Waals surface area contributed by atoms with Gasteiger partial charge in [-0.2, -0.15) is 17.0 Å². The van der Waals surface area contributed by atoms with Crippen LogP contribution in [0.25, 0.3) is 0 Å². The fourth-order valence-corrected chi connectivity index (χ4v) is 4.97. The van der Waals surface area contributed by atoms with Crippen molar-refractivity contribution in [3.05, 3.63) is 18.5 Å².